The highest BCUT2D eigenvalue weighted by Crippen LogP contribution is 2.09. The van der Waals surface area contributed by atoms with E-state index < -0.39 is 0 Å². The van der Waals surface area contributed by atoms with Gasteiger partial charge in [0, 0.05) is 30.3 Å². The van der Waals surface area contributed by atoms with Gasteiger partial charge in [0.1, 0.15) is 0 Å². The zero-order valence-corrected chi connectivity index (χ0v) is 12.8. The van der Waals surface area contributed by atoms with Crippen LogP contribution < -0.4 is 10.9 Å². The molecule has 2 heterocycles. The van der Waals surface area contributed by atoms with E-state index >= 15 is 0 Å². The predicted octanol–water partition coefficient (Wildman–Crippen LogP) is 2.68. The highest BCUT2D eigenvalue weighted by molar-refractivity contribution is 7.09. The Hall–Kier alpha value is -2.21. The van der Waals surface area contributed by atoms with Crippen LogP contribution in [0.4, 0.5) is 5.69 Å². The molecule has 0 aliphatic carbocycles. The minimum Gasteiger partial charge on any atom is -0.321 e. The first-order valence-electron chi connectivity index (χ1n) is 6.70. The molecule has 0 radical (unpaired) electrons. The fourth-order valence-electron chi connectivity index (χ4n) is 1.82. The van der Waals surface area contributed by atoms with Crippen LogP contribution in [0.15, 0.2) is 34.6 Å². The maximum absolute atomic E-state index is 11.8. The van der Waals surface area contributed by atoms with Crippen LogP contribution in [0.3, 0.4) is 0 Å². The Labute approximate surface area is 127 Å². The SMILES string of the molecule is CCCn1cc(NC(=O)/C=C/c2csc(C)n2)ccc1=O. The number of hydrogen-bond donors (Lipinski definition) is 1. The molecular formula is C15H17N3O2S. The Balaban J connectivity index is 2.04. The average Bonchev–Trinajstić information content (AvgIpc) is 2.86. The Morgan fingerprint density at radius 3 is 2.95 bits per heavy atom. The standard InChI is InChI=1S/C15H17N3O2S/c1-3-8-18-9-12(5-7-15(18)20)17-14(19)6-4-13-10-21-11(2)16-13/h4-7,9-10H,3,8H2,1-2H3,(H,17,19)/b6-4+. The quantitative estimate of drug-likeness (QED) is 0.864. The van der Waals surface area contributed by atoms with Gasteiger partial charge in [0.25, 0.3) is 5.56 Å². The maximum Gasteiger partial charge on any atom is 0.250 e. The average molecular weight is 303 g/mol. The van der Waals surface area contributed by atoms with Crippen molar-refractivity contribution in [3.63, 3.8) is 0 Å². The van der Waals surface area contributed by atoms with Crippen molar-refractivity contribution in [2.24, 2.45) is 0 Å². The van der Waals surface area contributed by atoms with Crippen molar-refractivity contribution in [1.82, 2.24) is 9.55 Å². The molecule has 5 nitrogen and oxygen atoms in total. The van der Waals surface area contributed by atoms with Gasteiger partial charge < -0.3 is 9.88 Å². The van der Waals surface area contributed by atoms with Gasteiger partial charge in [-0.25, -0.2) is 4.98 Å². The van der Waals surface area contributed by atoms with Crippen LogP contribution in [-0.4, -0.2) is 15.5 Å². The lowest BCUT2D eigenvalue weighted by Crippen LogP contribution is -2.19. The normalized spacial score (nSPS) is 11.0. The van der Waals surface area contributed by atoms with Crippen molar-refractivity contribution < 1.29 is 4.79 Å². The van der Waals surface area contributed by atoms with E-state index in [0.717, 1.165) is 17.1 Å². The largest absolute Gasteiger partial charge is 0.321 e. The van der Waals surface area contributed by atoms with Gasteiger partial charge in [-0.2, -0.15) is 0 Å². The van der Waals surface area contributed by atoms with Gasteiger partial charge in [-0.15, -0.1) is 11.3 Å². The molecule has 0 aliphatic heterocycles. The number of hydrogen-bond acceptors (Lipinski definition) is 4. The summed E-state index contributed by atoms with van der Waals surface area (Å²) in [4.78, 5) is 27.7. The van der Waals surface area contributed by atoms with Gasteiger partial charge in [0.05, 0.1) is 16.4 Å². The van der Waals surface area contributed by atoms with Crippen LogP contribution in [-0.2, 0) is 11.3 Å². The Bertz CT molecular complexity index is 716. The summed E-state index contributed by atoms with van der Waals surface area (Å²) in [7, 11) is 0. The van der Waals surface area contributed by atoms with Crippen LogP contribution in [0, 0.1) is 6.92 Å². The first-order valence-corrected chi connectivity index (χ1v) is 7.58. The molecule has 110 valence electrons. The van der Waals surface area contributed by atoms with Crippen molar-refractivity contribution >= 4 is 29.0 Å². The van der Waals surface area contributed by atoms with Gasteiger partial charge >= 0.3 is 0 Å². The number of aryl methyl sites for hydroxylation is 2. The monoisotopic (exact) mass is 303 g/mol. The second-order valence-electron chi connectivity index (χ2n) is 4.56. The summed E-state index contributed by atoms with van der Waals surface area (Å²) in [6.07, 6.45) is 5.62. The molecule has 0 aliphatic rings. The van der Waals surface area contributed by atoms with E-state index in [1.54, 1.807) is 22.9 Å². The van der Waals surface area contributed by atoms with E-state index in [0.29, 0.717) is 12.2 Å². The molecule has 0 aromatic carbocycles. The zero-order chi connectivity index (χ0) is 15.2. The molecule has 0 atom stereocenters. The maximum atomic E-state index is 11.8. The molecule has 0 spiro atoms. The zero-order valence-electron chi connectivity index (χ0n) is 12.0. The summed E-state index contributed by atoms with van der Waals surface area (Å²) in [6.45, 7) is 4.55. The van der Waals surface area contributed by atoms with Crippen molar-refractivity contribution in [3.8, 4) is 0 Å². The lowest BCUT2D eigenvalue weighted by Gasteiger charge is -2.07. The number of thiazole rings is 1. The number of nitrogens with zero attached hydrogens (tertiary/aromatic N) is 2. The summed E-state index contributed by atoms with van der Waals surface area (Å²) in [5.74, 6) is -0.248. The number of nitrogens with one attached hydrogen (secondary N) is 1. The molecule has 2 rings (SSSR count). The molecule has 1 amide bonds. The van der Waals surface area contributed by atoms with E-state index in [-0.39, 0.29) is 11.5 Å². The van der Waals surface area contributed by atoms with Crippen LogP contribution >= 0.6 is 11.3 Å². The lowest BCUT2D eigenvalue weighted by molar-refractivity contribution is -0.111. The molecule has 0 bridgehead atoms. The van der Waals surface area contributed by atoms with Gasteiger partial charge in [-0.05, 0) is 25.5 Å². The van der Waals surface area contributed by atoms with Crippen LogP contribution in [0.1, 0.15) is 24.0 Å². The number of aromatic nitrogens is 2. The van der Waals surface area contributed by atoms with Crippen LogP contribution in [0.25, 0.3) is 6.08 Å². The Morgan fingerprint density at radius 2 is 2.29 bits per heavy atom. The first kappa shape index (κ1) is 15.2. The minimum absolute atomic E-state index is 0.0664. The van der Waals surface area contributed by atoms with E-state index in [9.17, 15) is 9.59 Å². The van der Waals surface area contributed by atoms with Crippen molar-refractivity contribution in [2.45, 2.75) is 26.8 Å². The molecule has 0 unspecified atom stereocenters. The van der Waals surface area contributed by atoms with Gasteiger partial charge in [-0.3, -0.25) is 9.59 Å². The molecule has 2 aromatic heterocycles. The second kappa shape index (κ2) is 6.99. The van der Waals surface area contributed by atoms with E-state index in [1.807, 2.05) is 19.2 Å². The highest BCUT2D eigenvalue weighted by Gasteiger charge is 2.01. The fraction of sp³-hybridized carbons (Fsp3) is 0.267. The first-order chi connectivity index (χ1) is 10.1. The summed E-state index contributed by atoms with van der Waals surface area (Å²) in [5, 5.41) is 5.58. The van der Waals surface area contributed by atoms with E-state index in [2.05, 4.69) is 10.3 Å². The van der Waals surface area contributed by atoms with Gasteiger partial charge in [0.2, 0.25) is 5.91 Å². The number of carbonyl (C=O) groups excluding carboxylic acids is 1. The van der Waals surface area contributed by atoms with E-state index in [4.69, 9.17) is 0 Å². The number of carbonyl (C=O) groups is 1. The lowest BCUT2D eigenvalue weighted by atomic mass is 10.3. The summed E-state index contributed by atoms with van der Waals surface area (Å²) < 4.78 is 1.59. The van der Waals surface area contributed by atoms with Crippen molar-refractivity contribution in [2.75, 3.05) is 5.32 Å². The van der Waals surface area contributed by atoms with Gasteiger partial charge in [-0.1, -0.05) is 6.92 Å². The minimum atomic E-state index is -0.248. The summed E-state index contributed by atoms with van der Waals surface area (Å²) in [5.41, 5.74) is 1.30. The molecule has 21 heavy (non-hydrogen) atoms. The van der Waals surface area contributed by atoms with E-state index in [1.165, 1.54) is 23.5 Å². The van der Waals surface area contributed by atoms with Gasteiger partial charge in [0.15, 0.2) is 0 Å². The molecule has 0 fully saturated rings. The Morgan fingerprint density at radius 1 is 1.48 bits per heavy atom. The number of pyridine rings is 1. The summed E-state index contributed by atoms with van der Waals surface area (Å²) >= 11 is 1.54. The number of rotatable bonds is 5. The molecular weight excluding hydrogens is 286 g/mol. The molecule has 0 saturated heterocycles. The molecule has 1 N–H and O–H groups in total. The number of anilines is 1. The summed E-state index contributed by atoms with van der Waals surface area (Å²) in [6, 6.07) is 3.06. The smallest absolute Gasteiger partial charge is 0.250 e. The highest BCUT2D eigenvalue weighted by atomic mass is 32.1. The van der Waals surface area contributed by atoms with Crippen molar-refractivity contribution in [3.05, 3.63) is 50.8 Å². The van der Waals surface area contributed by atoms with Crippen LogP contribution in [0.2, 0.25) is 0 Å². The topological polar surface area (TPSA) is 64.0 Å². The number of amides is 1. The second-order valence-corrected chi connectivity index (χ2v) is 5.63. The molecule has 6 heteroatoms. The third-order valence-corrected chi connectivity index (χ3v) is 3.55. The van der Waals surface area contributed by atoms with Crippen LogP contribution in [0.5, 0.6) is 0 Å². The Kier molecular flexibility index (Phi) is 5.05. The third kappa shape index (κ3) is 4.39. The third-order valence-electron chi connectivity index (χ3n) is 2.76. The predicted molar refractivity (Wildman–Crippen MR) is 85.5 cm³/mol. The molecule has 2 aromatic rings. The fourth-order valence-corrected chi connectivity index (χ4v) is 2.40. The van der Waals surface area contributed by atoms with Crippen molar-refractivity contribution in [1.29, 1.82) is 0 Å². The molecule has 0 saturated carbocycles.